The van der Waals surface area contributed by atoms with Crippen molar-refractivity contribution in [3.8, 4) is 0 Å². The number of rotatable bonds is 1. The Bertz CT molecular complexity index is 369. The second-order valence-electron chi connectivity index (χ2n) is 4.56. The number of benzene rings is 1. The second kappa shape index (κ2) is 3.21. The molecule has 0 atom stereocenters. The quantitative estimate of drug-likeness (QED) is 0.684. The lowest BCUT2D eigenvalue weighted by Crippen LogP contribution is -2.44. The number of hydrogen-bond donors (Lipinski definition) is 1. The van der Waals surface area contributed by atoms with E-state index in [0.717, 1.165) is 24.8 Å². The molecule has 1 N–H and O–H groups in total. The molecule has 0 spiro atoms. The van der Waals surface area contributed by atoms with Crippen molar-refractivity contribution in [3.63, 3.8) is 0 Å². The monoisotopic (exact) mass is 189 g/mol. The topological polar surface area (TPSA) is 29.1 Å². The van der Waals surface area contributed by atoms with Crippen molar-refractivity contribution >= 4 is 6.29 Å². The van der Waals surface area contributed by atoms with Crippen molar-refractivity contribution < 1.29 is 4.79 Å². The van der Waals surface area contributed by atoms with Crippen molar-refractivity contribution in [2.24, 2.45) is 0 Å². The molecule has 0 aliphatic carbocycles. The molecule has 0 aromatic heterocycles. The molecule has 14 heavy (non-hydrogen) atoms. The van der Waals surface area contributed by atoms with Gasteiger partial charge in [0.05, 0.1) is 0 Å². The van der Waals surface area contributed by atoms with E-state index in [1.54, 1.807) is 0 Å². The normalized spacial score (nSPS) is 18.7. The van der Waals surface area contributed by atoms with Gasteiger partial charge in [-0.2, -0.15) is 0 Å². The molecular weight excluding hydrogens is 174 g/mol. The largest absolute Gasteiger partial charge is 0.307 e. The van der Waals surface area contributed by atoms with Crippen molar-refractivity contribution in [2.45, 2.75) is 32.4 Å². The summed E-state index contributed by atoms with van der Waals surface area (Å²) in [4.78, 5) is 10.6. The standard InChI is InChI=1S/C12H15NO/c1-12(2)6-10-4-3-9(8-14)5-11(10)7-13-12/h3-5,8,13H,6-7H2,1-2H3. The zero-order valence-electron chi connectivity index (χ0n) is 8.63. The summed E-state index contributed by atoms with van der Waals surface area (Å²) in [6.45, 7) is 5.26. The maximum atomic E-state index is 10.6. The van der Waals surface area contributed by atoms with Crippen LogP contribution in [0.15, 0.2) is 18.2 Å². The van der Waals surface area contributed by atoms with E-state index < -0.39 is 0 Å². The molecule has 0 fully saturated rings. The molecule has 2 rings (SSSR count). The van der Waals surface area contributed by atoms with Crippen LogP contribution in [0.3, 0.4) is 0 Å². The fourth-order valence-electron chi connectivity index (χ4n) is 1.93. The summed E-state index contributed by atoms with van der Waals surface area (Å²) in [5.41, 5.74) is 3.56. The molecular formula is C12H15NO. The first-order valence-electron chi connectivity index (χ1n) is 4.93. The van der Waals surface area contributed by atoms with Crippen molar-refractivity contribution in [3.05, 3.63) is 34.9 Å². The average Bonchev–Trinajstić information content (AvgIpc) is 2.16. The van der Waals surface area contributed by atoms with E-state index >= 15 is 0 Å². The zero-order chi connectivity index (χ0) is 10.2. The minimum Gasteiger partial charge on any atom is -0.307 e. The first-order valence-corrected chi connectivity index (χ1v) is 4.93. The molecule has 1 heterocycles. The smallest absolute Gasteiger partial charge is 0.150 e. The Hall–Kier alpha value is -1.15. The maximum absolute atomic E-state index is 10.6. The van der Waals surface area contributed by atoms with Crippen LogP contribution in [0.25, 0.3) is 0 Å². The fourth-order valence-corrected chi connectivity index (χ4v) is 1.93. The number of carbonyl (C=O) groups excluding carboxylic acids is 1. The summed E-state index contributed by atoms with van der Waals surface area (Å²) in [5, 5.41) is 3.45. The number of nitrogens with one attached hydrogen (secondary N) is 1. The van der Waals surface area contributed by atoms with Gasteiger partial charge in [-0.25, -0.2) is 0 Å². The highest BCUT2D eigenvalue weighted by Gasteiger charge is 2.23. The van der Waals surface area contributed by atoms with Gasteiger partial charge >= 0.3 is 0 Å². The first kappa shape index (κ1) is 9.41. The third-order valence-electron chi connectivity index (χ3n) is 2.76. The molecule has 1 aliphatic heterocycles. The van der Waals surface area contributed by atoms with Crippen LogP contribution in [-0.2, 0) is 13.0 Å². The van der Waals surface area contributed by atoms with Crippen LogP contribution in [0.5, 0.6) is 0 Å². The maximum Gasteiger partial charge on any atom is 0.150 e. The molecule has 0 saturated heterocycles. The van der Waals surface area contributed by atoms with Crippen LogP contribution >= 0.6 is 0 Å². The van der Waals surface area contributed by atoms with Gasteiger partial charge < -0.3 is 5.32 Å². The molecule has 1 aromatic rings. The molecule has 0 saturated carbocycles. The van der Waals surface area contributed by atoms with Crippen LogP contribution in [0.4, 0.5) is 0 Å². The van der Waals surface area contributed by atoms with E-state index in [0.29, 0.717) is 0 Å². The molecule has 2 heteroatoms. The molecule has 0 radical (unpaired) electrons. The summed E-state index contributed by atoms with van der Waals surface area (Å²) >= 11 is 0. The van der Waals surface area contributed by atoms with Gasteiger partial charge in [0.15, 0.2) is 0 Å². The molecule has 0 bridgehead atoms. The van der Waals surface area contributed by atoms with Crippen LogP contribution in [0, 0.1) is 0 Å². The van der Waals surface area contributed by atoms with Gasteiger partial charge in [0.25, 0.3) is 0 Å². The van der Waals surface area contributed by atoms with Gasteiger partial charge in [0.2, 0.25) is 0 Å². The summed E-state index contributed by atoms with van der Waals surface area (Å²) in [6, 6.07) is 5.94. The Morgan fingerprint density at radius 2 is 2.14 bits per heavy atom. The second-order valence-corrected chi connectivity index (χ2v) is 4.56. The highest BCUT2D eigenvalue weighted by atomic mass is 16.1. The SMILES string of the molecule is CC1(C)Cc2ccc(C=O)cc2CN1. The molecule has 0 amide bonds. The number of hydrogen-bond acceptors (Lipinski definition) is 2. The summed E-state index contributed by atoms with van der Waals surface area (Å²) in [6.07, 6.45) is 1.93. The van der Waals surface area contributed by atoms with Crippen LogP contribution in [0.1, 0.15) is 35.3 Å². The van der Waals surface area contributed by atoms with E-state index in [2.05, 4.69) is 25.2 Å². The van der Waals surface area contributed by atoms with Gasteiger partial charge in [-0.1, -0.05) is 12.1 Å². The van der Waals surface area contributed by atoms with Gasteiger partial charge in [-0.3, -0.25) is 4.79 Å². The molecule has 0 unspecified atom stereocenters. The van der Waals surface area contributed by atoms with Crippen LogP contribution in [0.2, 0.25) is 0 Å². The van der Waals surface area contributed by atoms with Crippen molar-refractivity contribution in [1.82, 2.24) is 5.32 Å². The number of fused-ring (bicyclic) bond motifs is 1. The summed E-state index contributed by atoms with van der Waals surface area (Å²) < 4.78 is 0. The molecule has 1 aliphatic rings. The fraction of sp³-hybridized carbons (Fsp3) is 0.417. The minimum atomic E-state index is 0.176. The third-order valence-corrected chi connectivity index (χ3v) is 2.76. The van der Waals surface area contributed by atoms with E-state index in [1.165, 1.54) is 11.1 Å². The Morgan fingerprint density at radius 3 is 2.86 bits per heavy atom. The lowest BCUT2D eigenvalue weighted by atomic mass is 9.87. The van der Waals surface area contributed by atoms with Crippen LogP contribution < -0.4 is 5.32 Å². The van der Waals surface area contributed by atoms with Crippen molar-refractivity contribution in [1.29, 1.82) is 0 Å². The third kappa shape index (κ3) is 1.70. The first-order chi connectivity index (χ1) is 6.61. The van der Waals surface area contributed by atoms with Gasteiger partial charge in [0.1, 0.15) is 6.29 Å². The minimum absolute atomic E-state index is 0.176. The average molecular weight is 189 g/mol. The summed E-state index contributed by atoms with van der Waals surface area (Å²) in [5.74, 6) is 0. The van der Waals surface area contributed by atoms with Crippen LogP contribution in [-0.4, -0.2) is 11.8 Å². The Labute approximate surface area is 84.3 Å². The molecule has 74 valence electrons. The van der Waals surface area contributed by atoms with Crippen molar-refractivity contribution in [2.75, 3.05) is 0 Å². The summed E-state index contributed by atoms with van der Waals surface area (Å²) in [7, 11) is 0. The van der Waals surface area contributed by atoms with Gasteiger partial charge in [-0.05, 0) is 37.5 Å². The van der Waals surface area contributed by atoms with Gasteiger partial charge in [0, 0.05) is 17.6 Å². The highest BCUT2D eigenvalue weighted by molar-refractivity contribution is 5.75. The van der Waals surface area contributed by atoms with Gasteiger partial charge in [-0.15, -0.1) is 0 Å². The molecule has 1 aromatic carbocycles. The van der Waals surface area contributed by atoms with E-state index in [-0.39, 0.29) is 5.54 Å². The van der Waals surface area contributed by atoms with E-state index in [1.807, 2.05) is 12.1 Å². The zero-order valence-corrected chi connectivity index (χ0v) is 8.63. The highest BCUT2D eigenvalue weighted by Crippen LogP contribution is 2.23. The Kier molecular flexibility index (Phi) is 2.16. The lowest BCUT2D eigenvalue weighted by molar-refractivity contribution is 0.112. The number of carbonyl (C=O) groups is 1. The lowest BCUT2D eigenvalue weighted by Gasteiger charge is -2.32. The van der Waals surface area contributed by atoms with E-state index in [9.17, 15) is 4.79 Å². The molecule has 2 nitrogen and oxygen atoms in total. The Balaban J connectivity index is 2.37. The van der Waals surface area contributed by atoms with E-state index in [4.69, 9.17) is 0 Å². The predicted molar refractivity (Wildman–Crippen MR) is 56.5 cm³/mol. The number of aldehydes is 1. The Morgan fingerprint density at radius 1 is 1.36 bits per heavy atom. The predicted octanol–water partition coefficient (Wildman–Crippen LogP) is 1.92.